The second-order valence-electron chi connectivity index (χ2n) is 5.57. The van der Waals surface area contributed by atoms with Crippen LogP contribution < -0.4 is 5.32 Å². The minimum Gasteiger partial charge on any atom is -0.395 e. The Hall–Kier alpha value is -2.50. The van der Waals surface area contributed by atoms with Crippen LogP contribution in [0.1, 0.15) is 22.8 Å². The number of anilines is 1. The third-order valence-electron chi connectivity index (χ3n) is 3.61. The normalized spacial score (nSPS) is 10.6. The van der Waals surface area contributed by atoms with Crippen molar-refractivity contribution in [3.8, 4) is 0 Å². The molecule has 2 rings (SSSR count). The van der Waals surface area contributed by atoms with Gasteiger partial charge < -0.3 is 10.4 Å². The number of aliphatic hydroxyl groups excluding tert-OH is 1. The highest BCUT2D eigenvalue weighted by molar-refractivity contribution is 6.04. The first-order valence-corrected chi connectivity index (χ1v) is 7.87. The Morgan fingerprint density at radius 1 is 1.04 bits per heavy atom. The van der Waals surface area contributed by atoms with Crippen LogP contribution in [0.4, 0.5) is 5.69 Å². The predicted octanol–water partition coefficient (Wildman–Crippen LogP) is 2.32. The number of para-hydroxylation sites is 1. The summed E-state index contributed by atoms with van der Waals surface area (Å²) in [4.78, 5) is 25.8. The molecule has 0 aliphatic heterocycles. The summed E-state index contributed by atoms with van der Waals surface area (Å²) in [5.74, 6) is -0.310. The van der Waals surface area contributed by atoms with E-state index in [1.807, 2.05) is 35.2 Å². The van der Waals surface area contributed by atoms with Crippen molar-refractivity contribution in [2.75, 3.05) is 25.0 Å². The molecule has 0 radical (unpaired) electrons. The molecule has 0 aliphatic rings. The molecule has 2 aromatic carbocycles. The van der Waals surface area contributed by atoms with Crippen LogP contribution in [0.2, 0.25) is 0 Å². The minimum absolute atomic E-state index is 0.0237. The molecule has 0 spiro atoms. The molecule has 0 unspecified atom stereocenters. The monoisotopic (exact) mass is 326 g/mol. The highest BCUT2D eigenvalue weighted by Gasteiger charge is 2.13. The SMILES string of the molecule is CC(=O)c1ccccc1NC(=O)CN(CCO)Cc1ccccc1. The molecule has 0 saturated heterocycles. The van der Waals surface area contributed by atoms with Crippen LogP contribution in [0, 0.1) is 0 Å². The van der Waals surface area contributed by atoms with Gasteiger partial charge in [0.15, 0.2) is 5.78 Å². The van der Waals surface area contributed by atoms with E-state index < -0.39 is 0 Å². The quantitative estimate of drug-likeness (QED) is 0.731. The molecule has 1 amide bonds. The molecule has 0 saturated carbocycles. The first kappa shape index (κ1) is 17.8. The maximum absolute atomic E-state index is 12.3. The summed E-state index contributed by atoms with van der Waals surface area (Å²) >= 11 is 0. The highest BCUT2D eigenvalue weighted by atomic mass is 16.3. The van der Waals surface area contributed by atoms with E-state index in [0.29, 0.717) is 24.3 Å². The topological polar surface area (TPSA) is 69.6 Å². The molecule has 0 fully saturated rings. The first-order valence-electron chi connectivity index (χ1n) is 7.87. The average molecular weight is 326 g/mol. The van der Waals surface area contributed by atoms with Crippen LogP contribution in [0.25, 0.3) is 0 Å². The zero-order valence-corrected chi connectivity index (χ0v) is 13.7. The summed E-state index contributed by atoms with van der Waals surface area (Å²) in [5.41, 5.74) is 2.07. The minimum atomic E-state index is -0.215. The van der Waals surface area contributed by atoms with Gasteiger partial charge in [-0.3, -0.25) is 14.5 Å². The van der Waals surface area contributed by atoms with Crippen molar-refractivity contribution >= 4 is 17.4 Å². The van der Waals surface area contributed by atoms with E-state index in [-0.39, 0.29) is 24.8 Å². The molecule has 2 aromatic rings. The summed E-state index contributed by atoms with van der Waals surface area (Å²) < 4.78 is 0. The van der Waals surface area contributed by atoms with Crippen LogP contribution in [0.3, 0.4) is 0 Å². The molecule has 0 atom stereocenters. The van der Waals surface area contributed by atoms with E-state index in [4.69, 9.17) is 0 Å². The number of carbonyl (C=O) groups is 2. The van der Waals surface area contributed by atoms with E-state index in [1.54, 1.807) is 24.3 Å². The van der Waals surface area contributed by atoms with Crippen molar-refractivity contribution in [1.82, 2.24) is 4.90 Å². The lowest BCUT2D eigenvalue weighted by atomic mass is 10.1. The van der Waals surface area contributed by atoms with Gasteiger partial charge in [0.05, 0.1) is 18.8 Å². The zero-order chi connectivity index (χ0) is 17.4. The number of nitrogens with zero attached hydrogens (tertiary/aromatic N) is 1. The maximum atomic E-state index is 12.3. The smallest absolute Gasteiger partial charge is 0.238 e. The Kier molecular flexibility index (Phi) is 6.66. The number of hydrogen-bond acceptors (Lipinski definition) is 4. The Morgan fingerprint density at radius 2 is 1.71 bits per heavy atom. The van der Waals surface area contributed by atoms with Gasteiger partial charge in [-0.05, 0) is 24.6 Å². The van der Waals surface area contributed by atoms with Gasteiger partial charge in [-0.1, -0.05) is 42.5 Å². The van der Waals surface area contributed by atoms with Crippen LogP contribution in [0.5, 0.6) is 0 Å². The van der Waals surface area contributed by atoms with Crippen molar-refractivity contribution in [3.63, 3.8) is 0 Å². The molecule has 24 heavy (non-hydrogen) atoms. The number of benzene rings is 2. The van der Waals surface area contributed by atoms with Gasteiger partial charge in [-0.15, -0.1) is 0 Å². The maximum Gasteiger partial charge on any atom is 0.238 e. The first-order chi connectivity index (χ1) is 11.6. The van der Waals surface area contributed by atoms with Crippen molar-refractivity contribution in [2.45, 2.75) is 13.5 Å². The van der Waals surface area contributed by atoms with Gasteiger partial charge in [0.2, 0.25) is 5.91 Å². The molecule has 0 bridgehead atoms. The van der Waals surface area contributed by atoms with Gasteiger partial charge in [0, 0.05) is 18.7 Å². The summed E-state index contributed by atoms with van der Waals surface area (Å²) in [6.07, 6.45) is 0. The molecule has 0 aromatic heterocycles. The molecule has 5 heteroatoms. The second kappa shape index (κ2) is 8.96. The third-order valence-corrected chi connectivity index (χ3v) is 3.61. The van der Waals surface area contributed by atoms with Gasteiger partial charge in [-0.2, -0.15) is 0 Å². The van der Waals surface area contributed by atoms with E-state index in [1.165, 1.54) is 6.92 Å². The standard InChI is InChI=1S/C19H22N2O3/c1-15(23)17-9-5-6-10-18(17)20-19(24)14-21(11-12-22)13-16-7-3-2-4-8-16/h2-10,22H,11-14H2,1H3,(H,20,24). The number of carbonyl (C=O) groups excluding carboxylic acids is 2. The Morgan fingerprint density at radius 3 is 2.38 bits per heavy atom. The second-order valence-corrected chi connectivity index (χ2v) is 5.57. The Labute approximate surface area is 141 Å². The lowest BCUT2D eigenvalue weighted by Gasteiger charge is -2.21. The zero-order valence-electron chi connectivity index (χ0n) is 13.7. The molecule has 0 heterocycles. The summed E-state index contributed by atoms with van der Waals surface area (Å²) in [6, 6.07) is 16.7. The van der Waals surface area contributed by atoms with Crippen molar-refractivity contribution < 1.29 is 14.7 Å². The Bertz CT molecular complexity index is 686. The number of ketones is 1. The van der Waals surface area contributed by atoms with E-state index in [0.717, 1.165) is 5.56 Å². The summed E-state index contributed by atoms with van der Waals surface area (Å²) in [5, 5.41) is 12.0. The molecule has 5 nitrogen and oxygen atoms in total. The Balaban J connectivity index is 2.02. The largest absolute Gasteiger partial charge is 0.395 e. The number of Topliss-reactive ketones (excluding diaryl/α,β-unsaturated/α-hetero) is 1. The fourth-order valence-electron chi connectivity index (χ4n) is 2.49. The van der Waals surface area contributed by atoms with E-state index >= 15 is 0 Å². The van der Waals surface area contributed by atoms with Gasteiger partial charge in [-0.25, -0.2) is 0 Å². The molecular weight excluding hydrogens is 304 g/mol. The number of hydrogen-bond donors (Lipinski definition) is 2. The highest BCUT2D eigenvalue weighted by Crippen LogP contribution is 2.15. The lowest BCUT2D eigenvalue weighted by Crippen LogP contribution is -2.35. The van der Waals surface area contributed by atoms with E-state index in [9.17, 15) is 14.7 Å². The lowest BCUT2D eigenvalue weighted by molar-refractivity contribution is -0.117. The van der Waals surface area contributed by atoms with Crippen molar-refractivity contribution in [1.29, 1.82) is 0 Å². The number of amides is 1. The summed E-state index contributed by atoms with van der Waals surface area (Å²) in [6.45, 7) is 2.56. The predicted molar refractivity (Wildman–Crippen MR) is 93.9 cm³/mol. The van der Waals surface area contributed by atoms with Crippen LogP contribution in [-0.4, -0.2) is 41.4 Å². The molecule has 126 valence electrons. The number of rotatable bonds is 8. The van der Waals surface area contributed by atoms with Crippen LogP contribution in [-0.2, 0) is 11.3 Å². The third kappa shape index (κ3) is 5.30. The number of aliphatic hydroxyl groups is 1. The molecular formula is C19H22N2O3. The fraction of sp³-hybridized carbons (Fsp3) is 0.263. The number of nitrogens with one attached hydrogen (secondary N) is 1. The van der Waals surface area contributed by atoms with Crippen molar-refractivity contribution in [2.24, 2.45) is 0 Å². The van der Waals surface area contributed by atoms with E-state index in [2.05, 4.69) is 5.32 Å². The molecule has 2 N–H and O–H groups in total. The van der Waals surface area contributed by atoms with Gasteiger partial charge >= 0.3 is 0 Å². The fourth-order valence-corrected chi connectivity index (χ4v) is 2.49. The van der Waals surface area contributed by atoms with Gasteiger partial charge in [0.25, 0.3) is 0 Å². The van der Waals surface area contributed by atoms with Crippen LogP contribution >= 0.6 is 0 Å². The van der Waals surface area contributed by atoms with Crippen LogP contribution in [0.15, 0.2) is 54.6 Å². The van der Waals surface area contributed by atoms with Gasteiger partial charge in [0.1, 0.15) is 0 Å². The van der Waals surface area contributed by atoms with Crippen molar-refractivity contribution in [3.05, 3.63) is 65.7 Å². The molecule has 0 aliphatic carbocycles. The average Bonchev–Trinajstić information content (AvgIpc) is 2.56. The summed E-state index contributed by atoms with van der Waals surface area (Å²) in [7, 11) is 0.